The molecule has 0 aliphatic carbocycles. The van der Waals surface area contributed by atoms with Crippen molar-refractivity contribution in [2.75, 3.05) is 6.54 Å². The Balaban J connectivity index is 2.83. The number of carbonyl (C=O) groups is 2. The van der Waals surface area contributed by atoms with E-state index in [2.05, 4.69) is 5.32 Å². The van der Waals surface area contributed by atoms with Gasteiger partial charge in [0.1, 0.15) is 6.29 Å². The summed E-state index contributed by atoms with van der Waals surface area (Å²) in [6.45, 7) is 2.20. The van der Waals surface area contributed by atoms with Crippen LogP contribution < -0.4 is 5.32 Å². The van der Waals surface area contributed by atoms with Gasteiger partial charge >= 0.3 is 5.97 Å². The predicted molar refractivity (Wildman–Crippen MR) is 38.2 cm³/mol. The molecule has 1 aliphatic heterocycles. The number of hydrogen-bond donors (Lipinski definition) is 2. The normalized spacial score (nSPS) is 37.0. The summed E-state index contributed by atoms with van der Waals surface area (Å²) >= 11 is 0. The minimum absolute atomic E-state index is 0.520. The highest BCUT2D eigenvalue weighted by Crippen LogP contribution is 2.29. The molecule has 0 spiro atoms. The first-order valence-corrected chi connectivity index (χ1v) is 3.53. The summed E-state index contributed by atoms with van der Waals surface area (Å²) < 4.78 is 0. The number of hydrogen-bond acceptors (Lipinski definition) is 3. The molecule has 0 amide bonds. The van der Waals surface area contributed by atoms with Crippen LogP contribution in [0.4, 0.5) is 0 Å². The predicted octanol–water partition coefficient (Wildman–Crippen LogP) is -0.362. The highest BCUT2D eigenvalue weighted by molar-refractivity contribution is 5.81. The summed E-state index contributed by atoms with van der Waals surface area (Å²) in [5, 5.41) is 11.6. The van der Waals surface area contributed by atoms with Crippen molar-refractivity contribution in [3.8, 4) is 0 Å². The van der Waals surface area contributed by atoms with Crippen molar-refractivity contribution in [3.05, 3.63) is 0 Å². The zero-order chi connectivity index (χ0) is 8.48. The molecule has 0 bridgehead atoms. The van der Waals surface area contributed by atoms with Gasteiger partial charge in [0.05, 0.1) is 11.5 Å². The zero-order valence-corrected chi connectivity index (χ0v) is 6.33. The second kappa shape index (κ2) is 2.62. The number of nitrogens with one attached hydrogen (secondary N) is 1. The molecule has 1 fully saturated rings. The Morgan fingerprint density at radius 3 is 2.82 bits per heavy atom. The van der Waals surface area contributed by atoms with Crippen molar-refractivity contribution < 1.29 is 14.7 Å². The van der Waals surface area contributed by atoms with E-state index in [0.29, 0.717) is 19.3 Å². The Morgan fingerprint density at radius 1 is 1.82 bits per heavy atom. The van der Waals surface area contributed by atoms with Gasteiger partial charge in [0, 0.05) is 0 Å². The largest absolute Gasteiger partial charge is 0.481 e. The van der Waals surface area contributed by atoms with E-state index in [-0.39, 0.29) is 0 Å². The van der Waals surface area contributed by atoms with Gasteiger partial charge < -0.3 is 15.2 Å². The fraction of sp³-hybridized carbons (Fsp3) is 0.714. The van der Waals surface area contributed by atoms with Gasteiger partial charge in [-0.05, 0) is 19.9 Å². The Hall–Kier alpha value is -0.900. The van der Waals surface area contributed by atoms with Crippen LogP contribution in [0.3, 0.4) is 0 Å². The maximum atomic E-state index is 10.7. The summed E-state index contributed by atoms with van der Waals surface area (Å²) in [7, 11) is 0. The van der Waals surface area contributed by atoms with Gasteiger partial charge in [-0.2, -0.15) is 0 Å². The maximum absolute atomic E-state index is 10.7. The third kappa shape index (κ3) is 1.14. The zero-order valence-electron chi connectivity index (χ0n) is 6.33. The van der Waals surface area contributed by atoms with Gasteiger partial charge in [0.25, 0.3) is 0 Å². The fourth-order valence-electron chi connectivity index (χ4n) is 1.31. The smallest absolute Gasteiger partial charge is 0.311 e. The summed E-state index contributed by atoms with van der Waals surface area (Å²) in [5.41, 5.74) is -0.901. The Kier molecular flexibility index (Phi) is 1.95. The van der Waals surface area contributed by atoms with E-state index in [4.69, 9.17) is 5.11 Å². The molecule has 2 unspecified atom stereocenters. The SMILES string of the molecule is CC1(C(=O)O)CCNC1C=O. The molecule has 2 N–H and O–H groups in total. The van der Waals surface area contributed by atoms with Gasteiger partial charge in [-0.3, -0.25) is 4.79 Å². The summed E-state index contributed by atoms with van der Waals surface area (Å²) in [6, 6.07) is -0.528. The lowest BCUT2D eigenvalue weighted by atomic mass is 9.83. The van der Waals surface area contributed by atoms with Crippen LogP contribution in [0.1, 0.15) is 13.3 Å². The van der Waals surface area contributed by atoms with Crippen LogP contribution in [0.5, 0.6) is 0 Å². The summed E-state index contributed by atoms with van der Waals surface area (Å²) in [4.78, 5) is 21.1. The van der Waals surface area contributed by atoms with Crippen molar-refractivity contribution in [2.45, 2.75) is 19.4 Å². The van der Waals surface area contributed by atoms with Crippen LogP contribution in [-0.4, -0.2) is 29.9 Å². The molecule has 4 heteroatoms. The lowest BCUT2D eigenvalue weighted by Crippen LogP contribution is -2.41. The van der Waals surface area contributed by atoms with Crippen LogP contribution >= 0.6 is 0 Å². The maximum Gasteiger partial charge on any atom is 0.311 e. The second-order valence-corrected chi connectivity index (χ2v) is 3.04. The molecule has 11 heavy (non-hydrogen) atoms. The van der Waals surface area contributed by atoms with Gasteiger partial charge in [-0.25, -0.2) is 0 Å². The molecule has 2 atom stereocenters. The lowest BCUT2D eigenvalue weighted by molar-refractivity contribution is -0.149. The molecular formula is C7H11NO3. The van der Waals surface area contributed by atoms with E-state index >= 15 is 0 Å². The van der Waals surface area contributed by atoms with Crippen molar-refractivity contribution in [1.82, 2.24) is 5.32 Å². The minimum Gasteiger partial charge on any atom is -0.481 e. The topological polar surface area (TPSA) is 66.4 Å². The summed E-state index contributed by atoms with van der Waals surface area (Å²) in [5.74, 6) is -0.903. The van der Waals surface area contributed by atoms with Crippen LogP contribution in [0.25, 0.3) is 0 Å². The number of aliphatic carboxylic acids is 1. The molecule has 4 nitrogen and oxygen atoms in total. The molecular weight excluding hydrogens is 146 g/mol. The van der Waals surface area contributed by atoms with Crippen molar-refractivity contribution in [1.29, 1.82) is 0 Å². The van der Waals surface area contributed by atoms with E-state index in [1.54, 1.807) is 6.92 Å². The number of rotatable bonds is 2. The van der Waals surface area contributed by atoms with Crippen molar-refractivity contribution in [2.24, 2.45) is 5.41 Å². The van der Waals surface area contributed by atoms with Gasteiger partial charge in [-0.1, -0.05) is 0 Å². The molecule has 1 heterocycles. The van der Waals surface area contributed by atoms with Crippen LogP contribution in [0, 0.1) is 5.41 Å². The van der Waals surface area contributed by atoms with E-state index in [1.807, 2.05) is 0 Å². The monoisotopic (exact) mass is 157 g/mol. The average molecular weight is 157 g/mol. The molecule has 62 valence electrons. The van der Waals surface area contributed by atoms with Gasteiger partial charge in [-0.15, -0.1) is 0 Å². The van der Waals surface area contributed by atoms with E-state index in [0.717, 1.165) is 0 Å². The molecule has 1 aliphatic rings. The molecule has 1 rings (SSSR count). The molecule has 0 saturated carbocycles. The summed E-state index contributed by atoms with van der Waals surface area (Å²) in [6.07, 6.45) is 1.19. The third-order valence-corrected chi connectivity index (χ3v) is 2.32. The molecule has 0 aromatic carbocycles. The van der Waals surface area contributed by atoms with Crippen molar-refractivity contribution in [3.63, 3.8) is 0 Å². The number of carboxylic acid groups (broad SMARTS) is 1. The van der Waals surface area contributed by atoms with Gasteiger partial charge in [0.15, 0.2) is 0 Å². The molecule has 1 saturated heterocycles. The first kappa shape index (κ1) is 8.20. The third-order valence-electron chi connectivity index (χ3n) is 2.32. The highest BCUT2D eigenvalue weighted by atomic mass is 16.4. The van der Waals surface area contributed by atoms with Crippen LogP contribution in [-0.2, 0) is 9.59 Å². The highest BCUT2D eigenvalue weighted by Gasteiger charge is 2.44. The second-order valence-electron chi connectivity index (χ2n) is 3.04. The van der Waals surface area contributed by atoms with E-state index < -0.39 is 17.4 Å². The molecule has 0 radical (unpaired) electrons. The minimum atomic E-state index is -0.903. The van der Waals surface area contributed by atoms with Gasteiger partial charge in [0.2, 0.25) is 0 Å². The molecule has 0 aromatic heterocycles. The standard InChI is InChI=1S/C7H11NO3/c1-7(6(10)11)2-3-8-5(7)4-9/h4-5,8H,2-3H2,1H3,(H,10,11). The number of carbonyl (C=O) groups excluding carboxylic acids is 1. The van der Waals surface area contributed by atoms with E-state index in [9.17, 15) is 9.59 Å². The number of aldehydes is 1. The first-order chi connectivity index (χ1) is 5.11. The first-order valence-electron chi connectivity index (χ1n) is 3.53. The Morgan fingerprint density at radius 2 is 2.45 bits per heavy atom. The fourth-order valence-corrected chi connectivity index (χ4v) is 1.31. The van der Waals surface area contributed by atoms with Crippen LogP contribution in [0.2, 0.25) is 0 Å². The Bertz CT molecular complexity index is 192. The quantitative estimate of drug-likeness (QED) is 0.537. The average Bonchev–Trinajstić information content (AvgIpc) is 2.32. The number of carboxylic acids is 1. The lowest BCUT2D eigenvalue weighted by Gasteiger charge is -2.21. The van der Waals surface area contributed by atoms with Crippen molar-refractivity contribution >= 4 is 12.3 Å². The van der Waals surface area contributed by atoms with Crippen LogP contribution in [0.15, 0.2) is 0 Å². The van der Waals surface area contributed by atoms with E-state index in [1.165, 1.54) is 0 Å². The Labute approximate surface area is 64.6 Å². The molecule has 0 aromatic rings.